The van der Waals surface area contributed by atoms with E-state index in [2.05, 4.69) is 0 Å². The van der Waals surface area contributed by atoms with Crippen molar-refractivity contribution in [2.75, 3.05) is 0 Å². The zero-order chi connectivity index (χ0) is 7.56. The summed E-state index contributed by atoms with van der Waals surface area (Å²) in [6.07, 6.45) is 3.74. The van der Waals surface area contributed by atoms with Gasteiger partial charge in [-0.2, -0.15) is 0 Å². The van der Waals surface area contributed by atoms with Gasteiger partial charge in [0, 0.05) is 12.0 Å². The normalized spacial score (nSPS) is 33.8. The standard InChI is InChI=1S/C8H14NO/c1-6(10)7-2-4-8(9)5-3-7/h7-9H,2-5H2,1H3. The molecule has 1 N–H and O–H groups in total. The van der Waals surface area contributed by atoms with Crippen LogP contribution in [0.2, 0.25) is 0 Å². The molecule has 0 aliphatic heterocycles. The highest BCUT2D eigenvalue weighted by Crippen LogP contribution is 2.23. The van der Waals surface area contributed by atoms with Gasteiger partial charge in [-0.05, 0) is 32.6 Å². The predicted octanol–water partition coefficient (Wildman–Crippen LogP) is 1.42. The van der Waals surface area contributed by atoms with Gasteiger partial charge in [0.15, 0.2) is 0 Å². The third kappa shape index (κ3) is 1.81. The molecule has 0 saturated heterocycles. The number of hydrogen-bond donors (Lipinski definition) is 0. The van der Waals surface area contributed by atoms with Crippen LogP contribution in [0.25, 0.3) is 0 Å². The first-order valence-corrected chi connectivity index (χ1v) is 3.91. The Hall–Kier alpha value is -0.370. The Morgan fingerprint density at radius 1 is 1.30 bits per heavy atom. The smallest absolute Gasteiger partial charge is 0.132 e. The van der Waals surface area contributed by atoms with E-state index in [-0.39, 0.29) is 12.0 Å². The van der Waals surface area contributed by atoms with Gasteiger partial charge in [0.1, 0.15) is 5.78 Å². The van der Waals surface area contributed by atoms with Crippen molar-refractivity contribution in [3.63, 3.8) is 0 Å². The molecule has 1 saturated carbocycles. The minimum absolute atomic E-state index is 0.107. The summed E-state index contributed by atoms with van der Waals surface area (Å²) >= 11 is 0. The lowest BCUT2D eigenvalue weighted by Crippen LogP contribution is -2.23. The molecule has 0 aromatic rings. The first kappa shape index (κ1) is 7.73. The number of Topliss-reactive ketones (excluding diaryl/α,β-unsaturated/α-hetero) is 1. The van der Waals surface area contributed by atoms with E-state index < -0.39 is 0 Å². The van der Waals surface area contributed by atoms with E-state index in [9.17, 15) is 4.79 Å². The first-order valence-electron chi connectivity index (χ1n) is 3.91. The van der Waals surface area contributed by atoms with Gasteiger partial charge in [0.05, 0.1) is 0 Å². The van der Waals surface area contributed by atoms with Crippen molar-refractivity contribution in [3.05, 3.63) is 0 Å². The lowest BCUT2D eigenvalue weighted by molar-refractivity contribution is -0.121. The van der Waals surface area contributed by atoms with Crippen LogP contribution in [-0.4, -0.2) is 11.8 Å². The Morgan fingerprint density at radius 3 is 2.20 bits per heavy atom. The van der Waals surface area contributed by atoms with Gasteiger partial charge in [0.2, 0.25) is 0 Å². The molecule has 57 valence electrons. The van der Waals surface area contributed by atoms with Crippen molar-refractivity contribution >= 4 is 5.78 Å². The van der Waals surface area contributed by atoms with E-state index in [0.717, 1.165) is 25.7 Å². The van der Waals surface area contributed by atoms with Gasteiger partial charge in [-0.15, -0.1) is 0 Å². The Kier molecular flexibility index (Phi) is 2.44. The number of ketones is 1. The first-order chi connectivity index (χ1) is 4.70. The molecule has 1 fully saturated rings. The fourth-order valence-corrected chi connectivity index (χ4v) is 1.50. The quantitative estimate of drug-likeness (QED) is 0.543. The third-order valence-corrected chi connectivity index (χ3v) is 2.30. The average Bonchev–Trinajstić information content (AvgIpc) is 1.88. The van der Waals surface area contributed by atoms with Crippen LogP contribution in [0.3, 0.4) is 0 Å². The molecule has 1 aliphatic rings. The van der Waals surface area contributed by atoms with Crippen molar-refractivity contribution in [2.24, 2.45) is 5.92 Å². The maximum absolute atomic E-state index is 10.8. The Bertz CT molecular complexity index is 125. The molecule has 1 radical (unpaired) electrons. The van der Waals surface area contributed by atoms with E-state index in [1.165, 1.54) is 0 Å². The molecule has 10 heavy (non-hydrogen) atoms. The monoisotopic (exact) mass is 140 g/mol. The van der Waals surface area contributed by atoms with Gasteiger partial charge in [-0.1, -0.05) is 0 Å². The lowest BCUT2D eigenvalue weighted by atomic mass is 9.84. The molecular formula is C8H14NO. The molecule has 0 unspecified atom stereocenters. The Labute approximate surface area is 61.8 Å². The van der Waals surface area contributed by atoms with Crippen LogP contribution in [-0.2, 0) is 4.79 Å². The summed E-state index contributed by atoms with van der Waals surface area (Å²) in [7, 11) is 0. The molecule has 2 heteroatoms. The molecular weight excluding hydrogens is 126 g/mol. The van der Waals surface area contributed by atoms with Crippen LogP contribution in [0.15, 0.2) is 0 Å². The van der Waals surface area contributed by atoms with Crippen molar-refractivity contribution in [1.29, 1.82) is 0 Å². The Balaban J connectivity index is 2.33. The van der Waals surface area contributed by atoms with E-state index in [1.807, 2.05) is 0 Å². The largest absolute Gasteiger partial charge is 0.300 e. The highest BCUT2D eigenvalue weighted by atomic mass is 16.1. The second-order valence-corrected chi connectivity index (χ2v) is 3.16. The van der Waals surface area contributed by atoms with Gasteiger partial charge >= 0.3 is 0 Å². The Morgan fingerprint density at radius 2 is 1.80 bits per heavy atom. The van der Waals surface area contributed by atoms with Crippen molar-refractivity contribution in [2.45, 2.75) is 38.6 Å². The SMILES string of the molecule is CC(=O)C1CCC([NH])CC1. The van der Waals surface area contributed by atoms with Gasteiger partial charge < -0.3 is 0 Å². The summed E-state index contributed by atoms with van der Waals surface area (Å²) in [6, 6.07) is 0.107. The number of carbonyl (C=O) groups excluding carboxylic acids is 1. The fraction of sp³-hybridized carbons (Fsp3) is 0.875. The van der Waals surface area contributed by atoms with Crippen LogP contribution < -0.4 is 5.73 Å². The predicted molar refractivity (Wildman–Crippen MR) is 39.5 cm³/mol. The highest BCUT2D eigenvalue weighted by molar-refractivity contribution is 5.78. The van der Waals surface area contributed by atoms with E-state index in [0.29, 0.717) is 5.78 Å². The van der Waals surface area contributed by atoms with Crippen LogP contribution in [0.5, 0.6) is 0 Å². The zero-order valence-corrected chi connectivity index (χ0v) is 6.39. The molecule has 0 amide bonds. The van der Waals surface area contributed by atoms with Crippen LogP contribution >= 0.6 is 0 Å². The van der Waals surface area contributed by atoms with Gasteiger partial charge in [-0.25, -0.2) is 0 Å². The van der Waals surface area contributed by atoms with Crippen LogP contribution in [0, 0.1) is 5.92 Å². The molecule has 2 nitrogen and oxygen atoms in total. The van der Waals surface area contributed by atoms with Gasteiger partial charge in [0.25, 0.3) is 0 Å². The molecule has 0 heterocycles. The molecule has 0 atom stereocenters. The molecule has 0 bridgehead atoms. The summed E-state index contributed by atoms with van der Waals surface area (Å²) in [5.74, 6) is 0.591. The number of hydrogen-bond acceptors (Lipinski definition) is 1. The summed E-state index contributed by atoms with van der Waals surface area (Å²) in [4.78, 5) is 10.8. The third-order valence-electron chi connectivity index (χ3n) is 2.30. The highest BCUT2D eigenvalue weighted by Gasteiger charge is 2.21. The number of carbonyl (C=O) groups is 1. The molecule has 0 aromatic carbocycles. The molecule has 0 aromatic heterocycles. The maximum atomic E-state index is 10.8. The fourth-order valence-electron chi connectivity index (χ4n) is 1.50. The molecule has 0 spiro atoms. The molecule has 1 rings (SSSR count). The van der Waals surface area contributed by atoms with E-state index >= 15 is 0 Å². The van der Waals surface area contributed by atoms with Crippen LogP contribution in [0.1, 0.15) is 32.6 Å². The van der Waals surface area contributed by atoms with Gasteiger partial charge in [-0.3, -0.25) is 10.5 Å². The summed E-state index contributed by atoms with van der Waals surface area (Å²) in [6.45, 7) is 1.66. The second-order valence-electron chi connectivity index (χ2n) is 3.16. The topological polar surface area (TPSA) is 40.9 Å². The summed E-state index contributed by atoms with van der Waals surface area (Å²) < 4.78 is 0. The van der Waals surface area contributed by atoms with Crippen molar-refractivity contribution in [3.8, 4) is 0 Å². The van der Waals surface area contributed by atoms with E-state index in [4.69, 9.17) is 5.73 Å². The lowest BCUT2D eigenvalue weighted by Gasteiger charge is -2.22. The number of nitrogens with one attached hydrogen (secondary N) is 1. The minimum Gasteiger partial charge on any atom is -0.300 e. The van der Waals surface area contributed by atoms with Crippen molar-refractivity contribution < 1.29 is 4.79 Å². The zero-order valence-electron chi connectivity index (χ0n) is 6.39. The number of rotatable bonds is 1. The summed E-state index contributed by atoms with van der Waals surface area (Å²) in [5, 5.41) is 0. The summed E-state index contributed by atoms with van der Waals surface area (Å²) in [5.41, 5.74) is 7.39. The second kappa shape index (κ2) is 3.15. The molecule has 1 aliphatic carbocycles. The van der Waals surface area contributed by atoms with E-state index in [1.54, 1.807) is 6.92 Å². The maximum Gasteiger partial charge on any atom is 0.132 e. The van der Waals surface area contributed by atoms with Crippen LogP contribution in [0.4, 0.5) is 0 Å². The minimum atomic E-state index is 0.107. The average molecular weight is 140 g/mol. The van der Waals surface area contributed by atoms with Crippen molar-refractivity contribution in [1.82, 2.24) is 5.73 Å².